The summed E-state index contributed by atoms with van der Waals surface area (Å²) in [6.45, 7) is 3.77. The maximum atomic E-state index is 13.4. The second-order valence-electron chi connectivity index (χ2n) is 9.87. The van der Waals surface area contributed by atoms with Gasteiger partial charge in [0.05, 0.1) is 25.6 Å². The summed E-state index contributed by atoms with van der Waals surface area (Å²) in [6, 6.07) is 16.4. The highest BCUT2D eigenvalue weighted by Crippen LogP contribution is 2.30. The predicted molar refractivity (Wildman–Crippen MR) is 155 cm³/mol. The van der Waals surface area contributed by atoms with E-state index in [4.69, 9.17) is 4.74 Å². The first-order chi connectivity index (χ1) is 19.1. The fourth-order valence-corrected chi connectivity index (χ4v) is 6.84. The van der Waals surface area contributed by atoms with Gasteiger partial charge in [-0.2, -0.15) is 4.31 Å². The van der Waals surface area contributed by atoms with Gasteiger partial charge in [0.15, 0.2) is 0 Å². The lowest BCUT2D eigenvalue weighted by molar-refractivity contribution is -0.134. The van der Waals surface area contributed by atoms with Crippen LogP contribution in [-0.4, -0.2) is 73.6 Å². The van der Waals surface area contributed by atoms with E-state index in [-0.39, 0.29) is 42.2 Å². The lowest BCUT2D eigenvalue weighted by atomic mass is 10.0. The second-order valence-corrected chi connectivity index (χ2v) is 13.1. The molecule has 0 saturated heterocycles. The Kier molecular flexibility index (Phi) is 9.46. The summed E-state index contributed by atoms with van der Waals surface area (Å²) in [4.78, 5) is 27.6. The van der Waals surface area contributed by atoms with Crippen molar-refractivity contribution in [2.24, 2.45) is 5.92 Å². The van der Waals surface area contributed by atoms with Crippen molar-refractivity contribution in [1.29, 1.82) is 0 Å². The van der Waals surface area contributed by atoms with E-state index < -0.39 is 28.2 Å². The highest BCUT2D eigenvalue weighted by atomic mass is 32.2. The van der Waals surface area contributed by atoms with Crippen molar-refractivity contribution < 1.29 is 27.9 Å². The third-order valence-corrected chi connectivity index (χ3v) is 10.00. The molecule has 0 unspecified atom stereocenters. The van der Waals surface area contributed by atoms with Crippen molar-refractivity contribution in [2.45, 2.75) is 36.6 Å². The van der Waals surface area contributed by atoms with Gasteiger partial charge < -0.3 is 25.4 Å². The second kappa shape index (κ2) is 12.8. The molecule has 0 radical (unpaired) electrons. The summed E-state index contributed by atoms with van der Waals surface area (Å²) in [7, 11) is -2.21. The molecule has 3 N–H and O–H groups in total. The van der Waals surface area contributed by atoms with Crippen LogP contribution in [-0.2, 0) is 21.2 Å². The smallest absolute Gasteiger partial charge is 0.323 e. The number of hydrogen-bond acceptors (Lipinski definition) is 7. The number of aliphatic hydroxyl groups is 1. The van der Waals surface area contributed by atoms with E-state index in [1.54, 1.807) is 59.7 Å². The summed E-state index contributed by atoms with van der Waals surface area (Å²) >= 11 is 1.14. The standard InChI is InChI=1S/C28H34N4O6S2/c1-19-16-32(20(2)18-33)26(34)15-21-14-23(30-28(35)29-22-8-5-4-6-9-22)11-12-24(21)38-25(19)17-31(3)40(36,37)27-10-7-13-39-27/h4-14,19-20,25,33H,15-18H2,1-3H3,(H2,29,30,35)/t19-,20-,25+/m1/s1. The van der Waals surface area contributed by atoms with Gasteiger partial charge in [0, 0.05) is 36.4 Å². The molecule has 214 valence electrons. The van der Waals surface area contributed by atoms with Crippen molar-refractivity contribution in [2.75, 3.05) is 37.4 Å². The van der Waals surface area contributed by atoms with Gasteiger partial charge in [-0.25, -0.2) is 13.2 Å². The molecule has 1 aromatic heterocycles. The first kappa shape index (κ1) is 29.5. The van der Waals surface area contributed by atoms with Gasteiger partial charge in [0.1, 0.15) is 16.1 Å². The van der Waals surface area contributed by atoms with Crippen LogP contribution < -0.4 is 15.4 Å². The number of carbonyl (C=O) groups is 2. The highest BCUT2D eigenvalue weighted by molar-refractivity contribution is 7.91. The molecule has 4 rings (SSSR count). The number of hydrogen-bond donors (Lipinski definition) is 3. The van der Waals surface area contributed by atoms with E-state index in [0.29, 0.717) is 22.7 Å². The highest BCUT2D eigenvalue weighted by Gasteiger charge is 2.33. The average molecular weight is 587 g/mol. The van der Waals surface area contributed by atoms with Gasteiger partial charge in [-0.3, -0.25) is 4.79 Å². The summed E-state index contributed by atoms with van der Waals surface area (Å²) in [5.74, 6) is -0.0386. The number of amides is 3. The molecule has 3 aromatic rings. The van der Waals surface area contributed by atoms with Gasteiger partial charge in [-0.05, 0) is 48.7 Å². The molecule has 0 spiro atoms. The molecule has 2 heterocycles. The number of aliphatic hydroxyl groups excluding tert-OH is 1. The SMILES string of the molecule is C[C@@H]1CN([C@H](C)CO)C(=O)Cc2cc(NC(=O)Nc3ccccc3)ccc2O[C@H]1CN(C)S(=O)(=O)c1cccs1. The monoisotopic (exact) mass is 586 g/mol. The maximum absolute atomic E-state index is 13.4. The third-order valence-electron chi connectivity index (χ3n) is 6.80. The zero-order valence-electron chi connectivity index (χ0n) is 22.6. The summed E-state index contributed by atoms with van der Waals surface area (Å²) in [6.07, 6.45) is -0.615. The summed E-state index contributed by atoms with van der Waals surface area (Å²) in [5.41, 5.74) is 1.64. The zero-order valence-corrected chi connectivity index (χ0v) is 24.2. The number of carbonyl (C=O) groups excluding carboxylic acids is 2. The van der Waals surface area contributed by atoms with E-state index in [0.717, 1.165) is 11.3 Å². The molecule has 0 bridgehead atoms. The van der Waals surface area contributed by atoms with Crippen LogP contribution in [0.15, 0.2) is 70.3 Å². The zero-order chi connectivity index (χ0) is 28.9. The normalized spacial score (nSPS) is 18.6. The van der Waals surface area contributed by atoms with Crippen molar-refractivity contribution in [3.63, 3.8) is 0 Å². The Morgan fingerprint density at radius 1 is 1.15 bits per heavy atom. The molecule has 1 aliphatic heterocycles. The average Bonchev–Trinajstić information content (AvgIpc) is 3.49. The topological polar surface area (TPSA) is 128 Å². The van der Waals surface area contributed by atoms with Crippen LogP contribution in [0.2, 0.25) is 0 Å². The molecule has 1 aliphatic rings. The number of urea groups is 1. The van der Waals surface area contributed by atoms with Crippen LogP contribution in [0.1, 0.15) is 19.4 Å². The van der Waals surface area contributed by atoms with Crippen LogP contribution in [0, 0.1) is 5.92 Å². The number of anilines is 2. The van der Waals surface area contributed by atoms with Crippen LogP contribution in [0.3, 0.4) is 0 Å². The Bertz CT molecular complexity index is 1420. The number of para-hydroxylation sites is 1. The molecule has 0 saturated carbocycles. The minimum Gasteiger partial charge on any atom is -0.488 e. The predicted octanol–water partition coefficient (Wildman–Crippen LogP) is 3.86. The van der Waals surface area contributed by atoms with E-state index in [9.17, 15) is 23.1 Å². The van der Waals surface area contributed by atoms with Crippen LogP contribution in [0.25, 0.3) is 0 Å². The van der Waals surface area contributed by atoms with Gasteiger partial charge >= 0.3 is 6.03 Å². The van der Waals surface area contributed by atoms with Gasteiger partial charge in [-0.1, -0.05) is 31.2 Å². The molecular formula is C28H34N4O6S2. The minimum atomic E-state index is -3.72. The van der Waals surface area contributed by atoms with Crippen molar-refractivity contribution in [3.05, 3.63) is 71.6 Å². The molecular weight excluding hydrogens is 552 g/mol. The molecule has 40 heavy (non-hydrogen) atoms. The Balaban J connectivity index is 1.61. The lowest BCUT2D eigenvalue weighted by Crippen LogP contribution is -2.48. The van der Waals surface area contributed by atoms with E-state index in [1.807, 2.05) is 25.1 Å². The van der Waals surface area contributed by atoms with Crippen LogP contribution >= 0.6 is 11.3 Å². The third kappa shape index (κ3) is 7.00. The van der Waals surface area contributed by atoms with Gasteiger partial charge in [0.25, 0.3) is 10.0 Å². The summed E-state index contributed by atoms with van der Waals surface area (Å²) < 4.78 is 34.2. The largest absolute Gasteiger partial charge is 0.488 e. The van der Waals surface area contributed by atoms with E-state index >= 15 is 0 Å². The number of likely N-dealkylation sites (N-methyl/N-ethyl adjacent to an activating group) is 1. The Hall–Kier alpha value is -3.45. The fourth-order valence-electron chi connectivity index (χ4n) is 4.46. The quantitative estimate of drug-likeness (QED) is 0.368. The van der Waals surface area contributed by atoms with Crippen molar-refractivity contribution in [3.8, 4) is 5.75 Å². The molecule has 3 atom stereocenters. The number of benzene rings is 2. The number of ether oxygens (including phenoxy) is 1. The van der Waals surface area contributed by atoms with Gasteiger partial charge in [0.2, 0.25) is 5.91 Å². The van der Waals surface area contributed by atoms with Gasteiger partial charge in [-0.15, -0.1) is 11.3 Å². The molecule has 0 aliphatic carbocycles. The lowest BCUT2D eigenvalue weighted by Gasteiger charge is -2.33. The Morgan fingerprint density at radius 2 is 1.88 bits per heavy atom. The number of rotatable bonds is 8. The number of fused-ring (bicyclic) bond motifs is 1. The first-order valence-corrected chi connectivity index (χ1v) is 15.2. The Morgan fingerprint density at radius 3 is 2.55 bits per heavy atom. The minimum absolute atomic E-state index is 0.0156. The van der Waals surface area contributed by atoms with E-state index in [2.05, 4.69) is 10.6 Å². The molecule has 10 nitrogen and oxygen atoms in total. The van der Waals surface area contributed by atoms with Crippen molar-refractivity contribution >= 4 is 44.7 Å². The van der Waals surface area contributed by atoms with Crippen LogP contribution in [0.5, 0.6) is 5.75 Å². The number of nitrogens with one attached hydrogen (secondary N) is 2. The number of nitrogens with zero attached hydrogens (tertiary/aromatic N) is 2. The molecule has 3 amide bonds. The Labute approximate surface area is 238 Å². The van der Waals surface area contributed by atoms with Crippen molar-refractivity contribution in [1.82, 2.24) is 9.21 Å². The first-order valence-electron chi connectivity index (χ1n) is 12.9. The van der Waals surface area contributed by atoms with E-state index in [1.165, 1.54) is 11.4 Å². The summed E-state index contributed by atoms with van der Waals surface area (Å²) in [5, 5.41) is 17.1. The van der Waals surface area contributed by atoms with Crippen LogP contribution in [0.4, 0.5) is 16.2 Å². The number of sulfonamides is 1. The maximum Gasteiger partial charge on any atom is 0.323 e. The number of thiophene rings is 1. The molecule has 0 fully saturated rings. The fraction of sp³-hybridized carbons (Fsp3) is 0.357. The molecule has 2 aromatic carbocycles. The molecule has 12 heteroatoms.